The molecular formula is C9H8F5NO3. The van der Waals surface area contributed by atoms with Crippen molar-refractivity contribution in [1.29, 1.82) is 0 Å². The van der Waals surface area contributed by atoms with Crippen LogP contribution in [0.5, 0.6) is 11.8 Å². The molecule has 1 N–H and O–H groups in total. The van der Waals surface area contributed by atoms with Crippen LogP contribution in [-0.2, 0) is 6.61 Å². The maximum atomic E-state index is 12.5. The maximum Gasteiger partial charge on any atom is 0.574 e. The van der Waals surface area contributed by atoms with Crippen LogP contribution in [0.3, 0.4) is 0 Å². The summed E-state index contributed by atoms with van der Waals surface area (Å²) in [5.41, 5.74) is -1.24. The molecule has 0 aliphatic carbocycles. The van der Waals surface area contributed by atoms with Crippen LogP contribution in [0.15, 0.2) is 6.07 Å². The van der Waals surface area contributed by atoms with Crippen LogP contribution in [0.4, 0.5) is 22.0 Å². The molecule has 1 heterocycles. The number of pyridine rings is 1. The van der Waals surface area contributed by atoms with Gasteiger partial charge < -0.3 is 14.6 Å². The number of ether oxygens (including phenoxy) is 2. The van der Waals surface area contributed by atoms with Crippen LogP contribution >= 0.6 is 0 Å². The summed E-state index contributed by atoms with van der Waals surface area (Å²) in [6.07, 6.45) is -8.38. The highest BCUT2D eigenvalue weighted by Crippen LogP contribution is 2.34. The van der Waals surface area contributed by atoms with Gasteiger partial charge in [0.2, 0.25) is 11.8 Å². The van der Waals surface area contributed by atoms with Crippen molar-refractivity contribution in [1.82, 2.24) is 4.98 Å². The summed E-state index contributed by atoms with van der Waals surface area (Å²) >= 11 is 0. The third kappa shape index (κ3) is 3.42. The van der Waals surface area contributed by atoms with Gasteiger partial charge in [0.15, 0.2) is 0 Å². The number of rotatable bonds is 4. The second-order valence-electron chi connectivity index (χ2n) is 3.06. The Labute approximate surface area is 98.0 Å². The summed E-state index contributed by atoms with van der Waals surface area (Å²) in [4.78, 5) is 3.16. The first kappa shape index (κ1) is 14.4. The fourth-order valence-electron chi connectivity index (χ4n) is 1.18. The number of aromatic nitrogens is 1. The summed E-state index contributed by atoms with van der Waals surface area (Å²) in [5, 5.41) is 8.85. The lowest BCUT2D eigenvalue weighted by Crippen LogP contribution is -2.19. The maximum absolute atomic E-state index is 12.5. The number of aliphatic hydroxyl groups is 1. The van der Waals surface area contributed by atoms with Gasteiger partial charge in [-0.3, -0.25) is 0 Å². The first-order valence-electron chi connectivity index (χ1n) is 4.51. The molecule has 4 nitrogen and oxygen atoms in total. The van der Waals surface area contributed by atoms with E-state index in [1.165, 1.54) is 0 Å². The van der Waals surface area contributed by atoms with Gasteiger partial charge in [-0.2, -0.15) is 4.98 Å². The molecule has 0 fully saturated rings. The van der Waals surface area contributed by atoms with Crippen LogP contribution in [-0.4, -0.2) is 23.6 Å². The van der Waals surface area contributed by atoms with E-state index < -0.39 is 36.7 Å². The van der Waals surface area contributed by atoms with E-state index in [9.17, 15) is 22.0 Å². The van der Waals surface area contributed by atoms with Gasteiger partial charge in [-0.05, 0) is 6.07 Å². The van der Waals surface area contributed by atoms with Crippen molar-refractivity contribution in [2.75, 3.05) is 7.11 Å². The van der Waals surface area contributed by atoms with E-state index in [4.69, 9.17) is 5.11 Å². The Hall–Kier alpha value is -1.64. The molecule has 0 aliphatic heterocycles. The molecule has 0 aromatic carbocycles. The van der Waals surface area contributed by atoms with Gasteiger partial charge in [0.05, 0.1) is 19.3 Å². The molecule has 0 amide bonds. The first-order valence-corrected chi connectivity index (χ1v) is 4.51. The van der Waals surface area contributed by atoms with Crippen LogP contribution in [0.2, 0.25) is 0 Å². The number of hydrogen-bond acceptors (Lipinski definition) is 4. The van der Waals surface area contributed by atoms with E-state index in [0.29, 0.717) is 6.07 Å². The lowest BCUT2D eigenvalue weighted by Gasteiger charge is -2.14. The molecule has 0 saturated heterocycles. The molecule has 1 aromatic rings. The van der Waals surface area contributed by atoms with E-state index in [-0.39, 0.29) is 5.56 Å². The van der Waals surface area contributed by atoms with Gasteiger partial charge in [0.25, 0.3) is 6.43 Å². The average molecular weight is 273 g/mol. The Bertz CT molecular complexity index is 421. The molecule has 0 saturated carbocycles. The zero-order valence-electron chi connectivity index (χ0n) is 8.96. The fourth-order valence-corrected chi connectivity index (χ4v) is 1.18. The predicted molar refractivity (Wildman–Crippen MR) is 48.4 cm³/mol. The van der Waals surface area contributed by atoms with Crippen LogP contribution in [0.25, 0.3) is 0 Å². The van der Waals surface area contributed by atoms with E-state index in [1.807, 2.05) is 0 Å². The summed E-state index contributed by atoms with van der Waals surface area (Å²) in [6, 6.07) is 0.650. The van der Waals surface area contributed by atoms with Crippen molar-refractivity contribution in [2.24, 2.45) is 0 Å². The number of aliphatic hydroxyl groups excluding tert-OH is 1. The molecule has 9 heteroatoms. The van der Waals surface area contributed by atoms with Gasteiger partial charge >= 0.3 is 6.36 Å². The molecule has 0 aliphatic rings. The van der Waals surface area contributed by atoms with Crippen LogP contribution in [0.1, 0.15) is 17.6 Å². The second-order valence-corrected chi connectivity index (χ2v) is 3.06. The third-order valence-corrected chi connectivity index (χ3v) is 1.87. The largest absolute Gasteiger partial charge is 0.574 e. The zero-order valence-corrected chi connectivity index (χ0v) is 8.96. The lowest BCUT2D eigenvalue weighted by atomic mass is 10.2. The predicted octanol–water partition coefficient (Wildman–Crippen LogP) is 2.42. The monoisotopic (exact) mass is 273 g/mol. The summed E-state index contributed by atoms with van der Waals surface area (Å²) in [7, 11) is 1.07. The van der Waals surface area contributed by atoms with Gasteiger partial charge in [-0.1, -0.05) is 0 Å². The molecular weight excluding hydrogens is 265 g/mol. The summed E-state index contributed by atoms with van der Waals surface area (Å²) in [6.45, 7) is -0.706. The highest BCUT2D eigenvalue weighted by Gasteiger charge is 2.35. The van der Waals surface area contributed by atoms with E-state index in [1.54, 1.807) is 0 Å². The number of nitrogens with zero attached hydrogens (tertiary/aromatic N) is 1. The Kier molecular flexibility index (Phi) is 4.28. The SMILES string of the molecule is COc1nc(OC(F)(F)F)c(C(F)F)cc1CO. The number of hydrogen-bond donors (Lipinski definition) is 1. The minimum atomic E-state index is -5.15. The molecule has 0 spiro atoms. The Balaban J connectivity index is 3.29. The Morgan fingerprint density at radius 1 is 1.33 bits per heavy atom. The minimum Gasteiger partial charge on any atom is -0.481 e. The van der Waals surface area contributed by atoms with Crippen LogP contribution in [0, 0.1) is 0 Å². The fraction of sp³-hybridized carbons (Fsp3) is 0.444. The summed E-state index contributed by atoms with van der Waals surface area (Å²) < 4.78 is 69.1. The highest BCUT2D eigenvalue weighted by molar-refractivity contribution is 5.38. The van der Waals surface area contributed by atoms with E-state index in [2.05, 4.69) is 14.5 Å². The lowest BCUT2D eigenvalue weighted by molar-refractivity contribution is -0.276. The van der Waals surface area contributed by atoms with Crippen molar-refractivity contribution >= 4 is 0 Å². The van der Waals surface area contributed by atoms with Gasteiger partial charge in [0, 0.05) is 5.56 Å². The van der Waals surface area contributed by atoms with Crippen molar-refractivity contribution in [3.63, 3.8) is 0 Å². The van der Waals surface area contributed by atoms with Crippen molar-refractivity contribution in [3.05, 3.63) is 17.2 Å². The molecule has 0 unspecified atom stereocenters. The van der Waals surface area contributed by atoms with Crippen LogP contribution < -0.4 is 9.47 Å². The standard InChI is InChI=1S/C9H8F5NO3/c1-17-7-4(3-16)2-5(6(10)11)8(15-7)18-9(12,13)14/h2,6,16H,3H2,1H3. The molecule has 1 aromatic heterocycles. The minimum absolute atomic E-state index is 0.165. The number of methoxy groups -OCH3 is 1. The van der Waals surface area contributed by atoms with E-state index in [0.717, 1.165) is 7.11 Å². The Morgan fingerprint density at radius 2 is 1.94 bits per heavy atom. The Morgan fingerprint density at radius 3 is 2.33 bits per heavy atom. The third-order valence-electron chi connectivity index (χ3n) is 1.87. The van der Waals surface area contributed by atoms with Crippen molar-refractivity contribution in [2.45, 2.75) is 19.4 Å². The number of halogens is 5. The van der Waals surface area contributed by atoms with E-state index >= 15 is 0 Å². The first-order chi connectivity index (χ1) is 8.28. The zero-order chi connectivity index (χ0) is 13.9. The molecule has 0 radical (unpaired) electrons. The second kappa shape index (κ2) is 5.34. The summed E-state index contributed by atoms with van der Waals surface area (Å²) in [5.74, 6) is -1.72. The van der Waals surface area contributed by atoms with Crippen molar-refractivity contribution in [3.8, 4) is 11.8 Å². The quantitative estimate of drug-likeness (QED) is 0.856. The molecule has 18 heavy (non-hydrogen) atoms. The molecule has 0 atom stereocenters. The molecule has 102 valence electrons. The van der Waals surface area contributed by atoms with Gasteiger partial charge in [-0.15, -0.1) is 13.2 Å². The average Bonchev–Trinajstić information content (AvgIpc) is 2.25. The molecule has 1 rings (SSSR count). The normalized spacial score (nSPS) is 11.8. The van der Waals surface area contributed by atoms with Crippen molar-refractivity contribution < 1.29 is 36.5 Å². The topological polar surface area (TPSA) is 51.6 Å². The van der Waals surface area contributed by atoms with Gasteiger partial charge in [0.1, 0.15) is 0 Å². The highest BCUT2D eigenvalue weighted by atomic mass is 19.4. The smallest absolute Gasteiger partial charge is 0.481 e. The van der Waals surface area contributed by atoms with Gasteiger partial charge in [-0.25, -0.2) is 8.78 Å². The number of alkyl halides is 5. The molecule has 0 bridgehead atoms.